The van der Waals surface area contributed by atoms with Gasteiger partial charge in [-0.15, -0.1) is 11.8 Å². The lowest BCUT2D eigenvalue weighted by molar-refractivity contribution is -0.146. The third-order valence-electron chi connectivity index (χ3n) is 4.28. The molecule has 5 heteroatoms. The number of Topliss-reactive ketones (excluding diaryl/α,β-unsaturated/α-hetero) is 2. The molecule has 1 saturated heterocycles. The maximum Gasteiger partial charge on any atom is 0.163 e. The molecule has 0 N–H and O–H groups in total. The number of hydrogen-bond donors (Lipinski definition) is 0. The van der Waals surface area contributed by atoms with Crippen LogP contribution in [0.2, 0.25) is 0 Å². The first-order valence-electron chi connectivity index (χ1n) is 8.05. The van der Waals surface area contributed by atoms with Crippen LogP contribution in [0.1, 0.15) is 33.1 Å². The summed E-state index contributed by atoms with van der Waals surface area (Å²) in [5, 5.41) is -0.237. The fourth-order valence-electron chi connectivity index (χ4n) is 3.19. The maximum absolute atomic E-state index is 12.4. The van der Waals surface area contributed by atoms with Gasteiger partial charge in [-0.05, 0) is 32.4 Å². The standard InChI is InChI=1S/C18H22O4S/c1-18(2)21-11-15(22-18)17(23-12-7-4-3-5-8-12)16-13(19)9-6-10-14(16)20/h3-5,7-8,15-17H,6,9-11H2,1-2H3/t15-,17?/m1/s1. The van der Waals surface area contributed by atoms with Crippen molar-refractivity contribution in [1.82, 2.24) is 0 Å². The molecule has 1 aliphatic heterocycles. The van der Waals surface area contributed by atoms with E-state index in [0.29, 0.717) is 25.9 Å². The Bertz CT molecular complexity index is 568. The Morgan fingerprint density at radius 1 is 1.13 bits per heavy atom. The highest BCUT2D eigenvalue weighted by molar-refractivity contribution is 8.00. The van der Waals surface area contributed by atoms with Crippen molar-refractivity contribution in [3.8, 4) is 0 Å². The van der Waals surface area contributed by atoms with Gasteiger partial charge in [0.2, 0.25) is 0 Å². The van der Waals surface area contributed by atoms with Crippen LogP contribution in [0, 0.1) is 5.92 Å². The van der Waals surface area contributed by atoms with Crippen LogP contribution >= 0.6 is 11.8 Å². The van der Waals surface area contributed by atoms with Crippen molar-refractivity contribution >= 4 is 23.3 Å². The SMILES string of the molecule is CC1(C)OC[C@H](C(Sc2ccccc2)C2C(=O)CCCC2=O)O1. The zero-order valence-corrected chi connectivity index (χ0v) is 14.3. The summed E-state index contributed by atoms with van der Waals surface area (Å²) in [5.41, 5.74) is 0. The molecule has 2 aliphatic rings. The minimum atomic E-state index is -0.666. The summed E-state index contributed by atoms with van der Waals surface area (Å²) in [6.45, 7) is 4.14. The number of carbonyl (C=O) groups is 2. The Kier molecular flexibility index (Phi) is 4.90. The fourth-order valence-corrected chi connectivity index (χ4v) is 4.54. The van der Waals surface area contributed by atoms with E-state index in [2.05, 4.69) is 0 Å². The van der Waals surface area contributed by atoms with Crippen molar-refractivity contribution in [3.05, 3.63) is 30.3 Å². The van der Waals surface area contributed by atoms with Gasteiger partial charge in [0, 0.05) is 17.7 Å². The molecule has 0 bridgehead atoms. The van der Waals surface area contributed by atoms with Crippen LogP contribution in [0.4, 0.5) is 0 Å². The highest BCUT2D eigenvalue weighted by atomic mass is 32.2. The molecule has 1 aromatic carbocycles. The molecule has 2 atom stereocenters. The lowest BCUT2D eigenvalue weighted by Crippen LogP contribution is -2.44. The first kappa shape index (κ1) is 16.7. The number of benzene rings is 1. The first-order chi connectivity index (χ1) is 11.0. The quantitative estimate of drug-likeness (QED) is 0.625. The van der Waals surface area contributed by atoms with Crippen molar-refractivity contribution in [2.24, 2.45) is 5.92 Å². The summed E-state index contributed by atoms with van der Waals surface area (Å²) in [4.78, 5) is 25.9. The van der Waals surface area contributed by atoms with Gasteiger partial charge in [0.05, 0.1) is 23.9 Å². The summed E-state index contributed by atoms with van der Waals surface area (Å²) < 4.78 is 11.7. The van der Waals surface area contributed by atoms with Crippen molar-refractivity contribution in [2.75, 3.05) is 6.61 Å². The van der Waals surface area contributed by atoms with E-state index in [1.165, 1.54) is 0 Å². The molecule has 0 amide bonds. The van der Waals surface area contributed by atoms with Gasteiger partial charge in [0.25, 0.3) is 0 Å². The molecule has 0 spiro atoms. The number of hydrogen-bond acceptors (Lipinski definition) is 5. The third-order valence-corrected chi connectivity index (χ3v) is 5.67. The van der Waals surface area contributed by atoms with Gasteiger partial charge in [-0.3, -0.25) is 9.59 Å². The number of thioether (sulfide) groups is 1. The largest absolute Gasteiger partial charge is 0.348 e. The maximum atomic E-state index is 12.4. The zero-order valence-electron chi connectivity index (χ0n) is 13.5. The van der Waals surface area contributed by atoms with Crippen molar-refractivity contribution < 1.29 is 19.1 Å². The fraction of sp³-hybridized carbons (Fsp3) is 0.556. The Morgan fingerprint density at radius 2 is 1.78 bits per heavy atom. The molecule has 0 aromatic heterocycles. The topological polar surface area (TPSA) is 52.6 Å². The molecular formula is C18H22O4S. The van der Waals surface area contributed by atoms with Gasteiger partial charge < -0.3 is 9.47 Å². The summed E-state index contributed by atoms with van der Waals surface area (Å²) >= 11 is 1.55. The van der Waals surface area contributed by atoms with E-state index in [0.717, 1.165) is 4.90 Å². The summed E-state index contributed by atoms with van der Waals surface area (Å²) in [6.07, 6.45) is 1.38. The second kappa shape index (κ2) is 6.75. The molecule has 23 heavy (non-hydrogen) atoms. The number of carbonyl (C=O) groups excluding carboxylic acids is 2. The molecule has 1 unspecified atom stereocenters. The highest BCUT2D eigenvalue weighted by Gasteiger charge is 2.46. The van der Waals surface area contributed by atoms with Crippen molar-refractivity contribution in [2.45, 2.75) is 55.1 Å². The van der Waals surface area contributed by atoms with Crippen LogP contribution in [-0.4, -0.2) is 35.3 Å². The summed E-state index contributed by atoms with van der Waals surface area (Å²) in [6, 6.07) is 9.86. The third kappa shape index (κ3) is 3.84. The van der Waals surface area contributed by atoms with Gasteiger partial charge >= 0.3 is 0 Å². The van der Waals surface area contributed by atoms with E-state index in [4.69, 9.17) is 9.47 Å². The van der Waals surface area contributed by atoms with E-state index in [1.807, 2.05) is 44.2 Å². The Hall–Kier alpha value is -1.17. The highest BCUT2D eigenvalue weighted by Crippen LogP contribution is 2.39. The summed E-state index contributed by atoms with van der Waals surface area (Å²) in [5.74, 6) is -1.16. The average Bonchev–Trinajstić information content (AvgIpc) is 2.87. The molecule has 4 nitrogen and oxygen atoms in total. The van der Waals surface area contributed by atoms with E-state index in [-0.39, 0.29) is 22.9 Å². The van der Waals surface area contributed by atoms with E-state index in [1.54, 1.807) is 11.8 Å². The van der Waals surface area contributed by atoms with Gasteiger partial charge in [-0.2, -0.15) is 0 Å². The van der Waals surface area contributed by atoms with Crippen LogP contribution in [0.15, 0.2) is 35.2 Å². The second-order valence-electron chi connectivity index (χ2n) is 6.53. The van der Waals surface area contributed by atoms with Crippen LogP contribution in [0.5, 0.6) is 0 Å². The summed E-state index contributed by atoms with van der Waals surface area (Å²) in [7, 11) is 0. The lowest BCUT2D eigenvalue weighted by atomic mass is 9.82. The number of rotatable bonds is 4. The van der Waals surface area contributed by atoms with Crippen molar-refractivity contribution in [1.29, 1.82) is 0 Å². The Morgan fingerprint density at radius 3 is 2.35 bits per heavy atom. The predicted octanol–water partition coefficient (Wildman–Crippen LogP) is 3.24. The Balaban J connectivity index is 1.86. The van der Waals surface area contributed by atoms with Gasteiger partial charge in [-0.1, -0.05) is 18.2 Å². The van der Waals surface area contributed by atoms with Crippen LogP contribution in [0.3, 0.4) is 0 Å². The zero-order chi connectivity index (χ0) is 16.4. The molecular weight excluding hydrogens is 312 g/mol. The minimum absolute atomic E-state index is 0.0444. The molecule has 1 aliphatic carbocycles. The molecule has 1 heterocycles. The number of ketones is 2. The molecule has 2 fully saturated rings. The predicted molar refractivity (Wildman–Crippen MR) is 88.3 cm³/mol. The second-order valence-corrected chi connectivity index (χ2v) is 7.78. The van der Waals surface area contributed by atoms with Crippen LogP contribution in [0.25, 0.3) is 0 Å². The minimum Gasteiger partial charge on any atom is -0.348 e. The molecule has 0 radical (unpaired) electrons. The van der Waals surface area contributed by atoms with Gasteiger partial charge in [0.1, 0.15) is 11.6 Å². The first-order valence-corrected chi connectivity index (χ1v) is 8.93. The lowest BCUT2D eigenvalue weighted by Gasteiger charge is -2.31. The van der Waals surface area contributed by atoms with Crippen LogP contribution < -0.4 is 0 Å². The van der Waals surface area contributed by atoms with E-state index >= 15 is 0 Å². The van der Waals surface area contributed by atoms with Crippen molar-refractivity contribution in [3.63, 3.8) is 0 Å². The van der Waals surface area contributed by atoms with E-state index in [9.17, 15) is 9.59 Å². The monoisotopic (exact) mass is 334 g/mol. The molecule has 124 valence electrons. The van der Waals surface area contributed by atoms with Gasteiger partial charge in [-0.25, -0.2) is 0 Å². The van der Waals surface area contributed by atoms with Gasteiger partial charge in [0.15, 0.2) is 5.79 Å². The van der Waals surface area contributed by atoms with Crippen LogP contribution in [-0.2, 0) is 19.1 Å². The average molecular weight is 334 g/mol. The van der Waals surface area contributed by atoms with E-state index < -0.39 is 11.7 Å². The smallest absolute Gasteiger partial charge is 0.163 e. The molecule has 1 aromatic rings. The number of ether oxygens (including phenoxy) is 2. The molecule has 3 rings (SSSR count). The normalized spacial score (nSPS) is 26.4. The molecule has 1 saturated carbocycles. The Labute approximate surface area is 140 Å².